The van der Waals surface area contributed by atoms with Crippen LogP contribution in [-0.2, 0) is 0 Å². The minimum atomic E-state index is -0.386. The second kappa shape index (κ2) is 6.63. The molecule has 4 rings (SSSR count). The molecule has 0 radical (unpaired) electrons. The van der Waals surface area contributed by atoms with Gasteiger partial charge in [0.15, 0.2) is 0 Å². The minimum Gasteiger partial charge on any atom is -0.362 e. The van der Waals surface area contributed by atoms with E-state index in [4.69, 9.17) is 0 Å². The van der Waals surface area contributed by atoms with E-state index in [0.29, 0.717) is 37.6 Å². The first-order chi connectivity index (χ1) is 13.0. The topological polar surface area (TPSA) is 110 Å². The zero-order valence-electron chi connectivity index (χ0n) is 14.6. The molecule has 0 unspecified atom stereocenters. The third kappa shape index (κ3) is 3.05. The standard InChI is InChI=1S/C17H17N7O3/c1-12-6-7-18-17-19-15(20-23(12)17)16(25)22-10-8-21(9-11-22)13-4-2-3-5-14(13)24(26)27/h2-7H,8-11H2,1H3. The number of aryl methyl sites for hydroxylation is 1. The van der Waals surface area contributed by atoms with Gasteiger partial charge in [-0.3, -0.25) is 14.9 Å². The second-order valence-corrected chi connectivity index (χ2v) is 6.26. The zero-order chi connectivity index (χ0) is 19.0. The van der Waals surface area contributed by atoms with Crippen LogP contribution in [-0.4, -0.2) is 61.5 Å². The Kier molecular flexibility index (Phi) is 4.15. The van der Waals surface area contributed by atoms with Gasteiger partial charge >= 0.3 is 0 Å². The van der Waals surface area contributed by atoms with Crippen LogP contribution < -0.4 is 4.90 Å². The Morgan fingerprint density at radius 2 is 1.89 bits per heavy atom. The molecule has 3 aromatic rings. The number of carbonyl (C=O) groups is 1. The Morgan fingerprint density at radius 1 is 1.15 bits per heavy atom. The van der Waals surface area contributed by atoms with Gasteiger partial charge in [0.05, 0.1) is 4.92 Å². The van der Waals surface area contributed by atoms with Crippen LogP contribution in [0, 0.1) is 17.0 Å². The number of nitrogens with zero attached hydrogens (tertiary/aromatic N) is 7. The van der Waals surface area contributed by atoms with E-state index in [0.717, 1.165) is 5.69 Å². The van der Waals surface area contributed by atoms with E-state index in [-0.39, 0.29) is 22.3 Å². The highest BCUT2D eigenvalue weighted by Crippen LogP contribution is 2.28. The highest BCUT2D eigenvalue weighted by molar-refractivity contribution is 5.91. The van der Waals surface area contributed by atoms with Gasteiger partial charge in [-0.25, -0.2) is 9.50 Å². The molecule has 3 heterocycles. The molecule has 0 N–H and O–H groups in total. The van der Waals surface area contributed by atoms with Crippen molar-refractivity contribution in [2.45, 2.75) is 6.92 Å². The number of fused-ring (bicyclic) bond motifs is 1. The number of nitro benzene ring substituents is 1. The van der Waals surface area contributed by atoms with E-state index < -0.39 is 0 Å². The lowest BCUT2D eigenvalue weighted by Gasteiger charge is -2.35. The van der Waals surface area contributed by atoms with Gasteiger partial charge < -0.3 is 9.80 Å². The lowest BCUT2D eigenvalue weighted by Crippen LogP contribution is -2.49. The van der Waals surface area contributed by atoms with Gasteiger partial charge in [0, 0.05) is 44.1 Å². The SMILES string of the molecule is Cc1ccnc2nc(C(=O)N3CCN(c4ccccc4[N+](=O)[O-])CC3)nn12. The van der Waals surface area contributed by atoms with Crippen LogP contribution >= 0.6 is 0 Å². The molecule has 1 aliphatic rings. The smallest absolute Gasteiger partial charge is 0.293 e. The average Bonchev–Trinajstić information content (AvgIpc) is 3.13. The lowest BCUT2D eigenvalue weighted by atomic mass is 10.2. The largest absolute Gasteiger partial charge is 0.362 e. The van der Waals surface area contributed by atoms with Crippen molar-refractivity contribution in [1.29, 1.82) is 0 Å². The molecular formula is C17H17N7O3. The molecule has 0 atom stereocenters. The second-order valence-electron chi connectivity index (χ2n) is 6.26. The average molecular weight is 367 g/mol. The number of aromatic nitrogens is 4. The normalized spacial score (nSPS) is 14.6. The number of rotatable bonds is 3. The van der Waals surface area contributed by atoms with Gasteiger partial charge in [-0.15, -0.1) is 5.10 Å². The van der Waals surface area contributed by atoms with Crippen LogP contribution in [0.5, 0.6) is 0 Å². The third-order valence-corrected chi connectivity index (χ3v) is 4.61. The number of amides is 1. The summed E-state index contributed by atoms with van der Waals surface area (Å²) in [6.45, 7) is 3.74. The Labute approximate surface area is 154 Å². The predicted octanol–water partition coefficient (Wildman–Crippen LogP) is 1.30. The summed E-state index contributed by atoms with van der Waals surface area (Å²) in [6.07, 6.45) is 1.62. The summed E-state index contributed by atoms with van der Waals surface area (Å²) in [5.41, 5.74) is 1.48. The molecule has 1 aliphatic heterocycles. The number of nitro groups is 1. The molecule has 1 fully saturated rings. The molecule has 27 heavy (non-hydrogen) atoms. The van der Waals surface area contributed by atoms with E-state index >= 15 is 0 Å². The summed E-state index contributed by atoms with van der Waals surface area (Å²) >= 11 is 0. The van der Waals surface area contributed by atoms with Crippen molar-refractivity contribution in [3.05, 3.63) is 58.2 Å². The first kappa shape index (κ1) is 16.9. The monoisotopic (exact) mass is 367 g/mol. The predicted molar refractivity (Wildman–Crippen MR) is 96.7 cm³/mol. The summed E-state index contributed by atoms with van der Waals surface area (Å²) in [5.74, 6) is 0.231. The molecule has 138 valence electrons. The van der Waals surface area contributed by atoms with Gasteiger partial charge in [0.1, 0.15) is 5.69 Å². The molecule has 0 aliphatic carbocycles. The van der Waals surface area contributed by atoms with Crippen LogP contribution in [0.25, 0.3) is 5.78 Å². The highest BCUT2D eigenvalue weighted by Gasteiger charge is 2.28. The molecule has 1 saturated heterocycles. The summed E-state index contributed by atoms with van der Waals surface area (Å²) in [6, 6.07) is 8.43. The van der Waals surface area contributed by atoms with Crippen molar-refractivity contribution in [2.24, 2.45) is 0 Å². The van der Waals surface area contributed by atoms with E-state index in [2.05, 4.69) is 15.1 Å². The third-order valence-electron chi connectivity index (χ3n) is 4.61. The van der Waals surface area contributed by atoms with Gasteiger partial charge in [0.2, 0.25) is 5.82 Å². The number of carbonyl (C=O) groups excluding carboxylic acids is 1. The van der Waals surface area contributed by atoms with Crippen LogP contribution in [0.1, 0.15) is 16.3 Å². The number of piperazine rings is 1. The first-order valence-corrected chi connectivity index (χ1v) is 8.50. The fraction of sp³-hybridized carbons (Fsp3) is 0.294. The quantitative estimate of drug-likeness (QED) is 0.507. The molecule has 0 bridgehead atoms. The van der Waals surface area contributed by atoms with E-state index in [9.17, 15) is 14.9 Å². The van der Waals surface area contributed by atoms with E-state index in [1.807, 2.05) is 11.8 Å². The first-order valence-electron chi connectivity index (χ1n) is 8.50. The van der Waals surface area contributed by atoms with Gasteiger partial charge in [0.25, 0.3) is 17.4 Å². The summed E-state index contributed by atoms with van der Waals surface area (Å²) in [4.78, 5) is 35.5. The summed E-state index contributed by atoms with van der Waals surface area (Å²) in [5, 5.41) is 15.5. The number of anilines is 1. The van der Waals surface area contributed by atoms with Gasteiger partial charge in [-0.05, 0) is 19.1 Å². The zero-order valence-corrected chi connectivity index (χ0v) is 14.6. The number of hydrogen-bond donors (Lipinski definition) is 0. The van der Waals surface area contributed by atoms with Crippen LogP contribution in [0.2, 0.25) is 0 Å². The van der Waals surface area contributed by atoms with E-state index in [1.165, 1.54) is 10.6 Å². The molecule has 0 saturated carbocycles. The Hall–Kier alpha value is -3.56. The Morgan fingerprint density at radius 3 is 2.59 bits per heavy atom. The molecule has 10 nitrogen and oxygen atoms in total. The number of hydrogen-bond acceptors (Lipinski definition) is 7. The maximum Gasteiger partial charge on any atom is 0.293 e. The van der Waals surface area contributed by atoms with Crippen LogP contribution in [0.3, 0.4) is 0 Å². The maximum absolute atomic E-state index is 12.7. The molecular weight excluding hydrogens is 350 g/mol. The highest BCUT2D eigenvalue weighted by atomic mass is 16.6. The summed E-state index contributed by atoms with van der Waals surface area (Å²) < 4.78 is 1.54. The lowest BCUT2D eigenvalue weighted by molar-refractivity contribution is -0.384. The Balaban J connectivity index is 1.50. The minimum absolute atomic E-state index is 0.0702. The van der Waals surface area contributed by atoms with Crippen LogP contribution in [0.4, 0.5) is 11.4 Å². The van der Waals surface area contributed by atoms with Crippen molar-refractivity contribution in [3.63, 3.8) is 0 Å². The van der Waals surface area contributed by atoms with Gasteiger partial charge in [-0.2, -0.15) is 4.98 Å². The molecule has 0 spiro atoms. The van der Waals surface area contributed by atoms with Crippen molar-refractivity contribution in [3.8, 4) is 0 Å². The van der Waals surface area contributed by atoms with E-state index in [1.54, 1.807) is 35.4 Å². The number of benzene rings is 1. The van der Waals surface area contributed by atoms with Crippen molar-refractivity contribution >= 4 is 23.1 Å². The fourth-order valence-electron chi connectivity index (χ4n) is 3.17. The molecule has 1 amide bonds. The number of para-hydroxylation sites is 2. The van der Waals surface area contributed by atoms with Crippen LogP contribution in [0.15, 0.2) is 36.5 Å². The molecule has 1 aromatic carbocycles. The van der Waals surface area contributed by atoms with Crippen molar-refractivity contribution < 1.29 is 9.72 Å². The van der Waals surface area contributed by atoms with Gasteiger partial charge in [-0.1, -0.05) is 12.1 Å². The maximum atomic E-state index is 12.7. The molecule has 2 aromatic heterocycles. The van der Waals surface area contributed by atoms with Crippen molar-refractivity contribution in [1.82, 2.24) is 24.5 Å². The fourth-order valence-corrected chi connectivity index (χ4v) is 3.17. The summed E-state index contributed by atoms with van der Waals surface area (Å²) in [7, 11) is 0. The molecule has 10 heteroatoms. The van der Waals surface area contributed by atoms with Crippen molar-refractivity contribution in [2.75, 3.05) is 31.1 Å². The Bertz CT molecular complexity index is 1020.